The molecule has 1 heterocycles. The number of allylic oxidation sites excluding steroid dienone is 2. The number of aryl methyl sites for hydroxylation is 2. The molecule has 0 amide bonds. The maximum atomic E-state index is 5.62. The predicted molar refractivity (Wildman–Crippen MR) is 162 cm³/mol. The van der Waals surface area contributed by atoms with Crippen LogP contribution < -0.4 is 16.0 Å². The molecule has 0 radical (unpaired) electrons. The van der Waals surface area contributed by atoms with Crippen LogP contribution >= 0.6 is 0 Å². The molecule has 196 valence electrons. The number of hydrogen-bond donors (Lipinski definition) is 2. The fraction of sp³-hybridized carbons (Fsp3) is 0.323. The summed E-state index contributed by atoms with van der Waals surface area (Å²) in [7, 11) is 3.70. The highest BCUT2D eigenvalue weighted by molar-refractivity contribution is 5.84. The van der Waals surface area contributed by atoms with E-state index in [1.54, 1.807) is 19.4 Å². The Labute approximate surface area is 223 Å². The fourth-order valence-electron chi connectivity index (χ4n) is 3.97. The number of rotatable bonds is 6. The highest BCUT2D eigenvalue weighted by Crippen LogP contribution is 2.37. The average Bonchev–Trinajstić information content (AvgIpc) is 2.85. The summed E-state index contributed by atoms with van der Waals surface area (Å²) in [6.07, 6.45) is 7.36. The normalized spacial score (nSPS) is 11.6. The molecule has 0 unspecified atom stereocenters. The molecule has 0 aliphatic rings. The molecule has 0 saturated heterocycles. The lowest BCUT2D eigenvalue weighted by molar-refractivity contribution is 0.563. The summed E-state index contributed by atoms with van der Waals surface area (Å²) in [5.74, 6) is 0.279. The van der Waals surface area contributed by atoms with Crippen molar-refractivity contribution in [3.63, 3.8) is 0 Å². The Morgan fingerprint density at radius 1 is 1.03 bits per heavy atom. The molecule has 0 bridgehead atoms. The lowest BCUT2D eigenvalue weighted by atomic mass is 9.96. The van der Waals surface area contributed by atoms with Gasteiger partial charge in [-0.2, -0.15) is 0 Å². The Hall–Kier alpha value is -3.93. The van der Waals surface area contributed by atoms with Crippen LogP contribution in [0.2, 0.25) is 0 Å². The number of aliphatic imine (C=N–C) groups is 1. The number of nitrogens with zero attached hydrogens (tertiary/aromatic N) is 4. The summed E-state index contributed by atoms with van der Waals surface area (Å²) in [5.41, 5.74) is 15.3. The molecule has 6 nitrogen and oxygen atoms in total. The quantitative estimate of drug-likeness (QED) is 0.348. The van der Waals surface area contributed by atoms with Crippen LogP contribution in [-0.4, -0.2) is 35.8 Å². The van der Waals surface area contributed by atoms with Gasteiger partial charge in [0.1, 0.15) is 0 Å². The molecule has 37 heavy (non-hydrogen) atoms. The van der Waals surface area contributed by atoms with Crippen molar-refractivity contribution < 1.29 is 0 Å². The molecule has 0 saturated carbocycles. The maximum Gasteiger partial charge on any atom is 0.219 e. The van der Waals surface area contributed by atoms with E-state index < -0.39 is 0 Å². The van der Waals surface area contributed by atoms with Gasteiger partial charge in [-0.3, -0.25) is 4.99 Å². The third-order valence-electron chi connectivity index (χ3n) is 6.01. The first-order chi connectivity index (χ1) is 17.4. The molecular formula is C31H42N6. The second-order valence-electron chi connectivity index (χ2n) is 9.98. The Kier molecular flexibility index (Phi) is 10.2. The van der Waals surface area contributed by atoms with Crippen LogP contribution in [0.4, 0.5) is 17.3 Å². The molecule has 0 aliphatic heterocycles. The van der Waals surface area contributed by atoms with E-state index in [9.17, 15) is 0 Å². The molecule has 3 rings (SSSR count). The molecule has 6 heteroatoms. The second-order valence-corrected chi connectivity index (χ2v) is 9.98. The molecule has 3 N–H and O–H groups in total. The summed E-state index contributed by atoms with van der Waals surface area (Å²) in [6.45, 7) is 19.4. The van der Waals surface area contributed by atoms with Gasteiger partial charge in [0.2, 0.25) is 5.95 Å². The Morgan fingerprint density at radius 2 is 1.68 bits per heavy atom. The van der Waals surface area contributed by atoms with Gasteiger partial charge in [0.15, 0.2) is 0 Å². The molecule has 0 atom stereocenters. The van der Waals surface area contributed by atoms with E-state index in [0.717, 1.165) is 39.3 Å². The average molecular weight is 499 g/mol. The number of nitrogen functional groups attached to an aromatic ring is 1. The minimum atomic E-state index is -0.157. The van der Waals surface area contributed by atoms with Crippen LogP contribution in [0, 0.1) is 13.8 Å². The number of hydrogen-bond acceptors (Lipinski definition) is 6. The van der Waals surface area contributed by atoms with Crippen molar-refractivity contribution in [3.8, 4) is 11.1 Å². The second kappa shape index (κ2) is 12.9. The Bertz CT molecular complexity index is 1260. The zero-order chi connectivity index (χ0) is 27.8. The van der Waals surface area contributed by atoms with Crippen LogP contribution in [0.5, 0.6) is 0 Å². The topological polar surface area (TPSA) is 79.4 Å². The van der Waals surface area contributed by atoms with Crippen molar-refractivity contribution in [3.05, 3.63) is 83.7 Å². The van der Waals surface area contributed by atoms with Gasteiger partial charge < -0.3 is 16.0 Å². The molecule has 1 aromatic heterocycles. The van der Waals surface area contributed by atoms with E-state index >= 15 is 0 Å². The zero-order valence-electron chi connectivity index (χ0n) is 23.8. The monoisotopic (exact) mass is 498 g/mol. The predicted octanol–water partition coefficient (Wildman–Crippen LogP) is 7.31. The van der Waals surface area contributed by atoms with Gasteiger partial charge in [0.05, 0.1) is 0 Å². The van der Waals surface area contributed by atoms with Crippen molar-refractivity contribution in [2.75, 3.05) is 30.0 Å². The highest BCUT2D eigenvalue weighted by atomic mass is 15.2. The van der Waals surface area contributed by atoms with Crippen molar-refractivity contribution in [2.45, 2.75) is 54.0 Å². The number of nitrogens with two attached hydrogens (primary N) is 1. The summed E-state index contributed by atoms with van der Waals surface area (Å²) >= 11 is 0. The van der Waals surface area contributed by atoms with E-state index in [4.69, 9.17) is 5.73 Å². The number of aromatic nitrogens is 2. The first-order valence-electron chi connectivity index (χ1n) is 12.4. The zero-order valence-corrected chi connectivity index (χ0v) is 23.8. The lowest BCUT2D eigenvalue weighted by Gasteiger charge is -2.40. The van der Waals surface area contributed by atoms with Crippen LogP contribution in [0.15, 0.2) is 72.0 Å². The van der Waals surface area contributed by atoms with Crippen molar-refractivity contribution in [1.29, 1.82) is 0 Å². The largest absolute Gasteiger partial charge is 0.388 e. The van der Waals surface area contributed by atoms with Gasteiger partial charge >= 0.3 is 0 Å². The maximum absolute atomic E-state index is 5.62. The van der Waals surface area contributed by atoms with E-state index in [1.165, 1.54) is 11.1 Å². The third kappa shape index (κ3) is 7.78. The summed E-state index contributed by atoms with van der Waals surface area (Å²) < 4.78 is 0. The van der Waals surface area contributed by atoms with Crippen LogP contribution in [0.1, 0.15) is 51.3 Å². The van der Waals surface area contributed by atoms with E-state index in [0.29, 0.717) is 0 Å². The fourth-order valence-corrected chi connectivity index (χ4v) is 3.97. The van der Waals surface area contributed by atoms with Crippen molar-refractivity contribution >= 4 is 29.2 Å². The minimum Gasteiger partial charge on any atom is -0.388 e. The van der Waals surface area contributed by atoms with Gasteiger partial charge in [0, 0.05) is 66.4 Å². The van der Waals surface area contributed by atoms with Gasteiger partial charge in [-0.15, -0.1) is 0 Å². The van der Waals surface area contributed by atoms with Gasteiger partial charge in [-0.25, -0.2) is 9.97 Å². The van der Waals surface area contributed by atoms with Gasteiger partial charge in [-0.05, 0) is 95.0 Å². The van der Waals surface area contributed by atoms with Gasteiger partial charge in [0.25, 0.3) is 0 Å². The van der Waals surface area contributed by atoms with Crippen molar-refractivity contribution in [1.82, 2.24) is 9.97 Å². The summed E-state index contributed by atoms with van der Waals surface area (Å²) in [5, 5.41) is 3.23. The molecular weight excluding hydrogens is 456 g/mol. The number of benzene rings is 2. The van der Waals surface area contributed by atoms with Crippen LogP contribution in [0.25, 0.3) is 16.8 Å². The summed E-state index contributed by atoms with van der Waals surface area (Å²) in [6, 6.07) is 12.8. The Balaban J connectivity index is 0.000000604. The summed E-state index contributed by atoms with van der Waals surface area (Å²) in [4.78, 5) is 14.4. The first-order valence-corrected chi connectivity index (χ1v) is 12.4. The number of nitrogens with one attached hydrogen (secondary N) is 1. The Morgan fingerprint density at radius 3 is 2.16 bits per heavy atom. The van der Waals surface area contributed by atoms with E-state index in [2.05, 4.69) is 103 Å². The third-order valence-corrected chi connectivity index (χ3v) is 6.01. The molecule has 0 fully saturated rings. The lowest BCUT2D eigenvalue weighted by Crippen LogP contribution is -2.40. The van der Waals surface area contributed by atoms with Crippen molar-refractivity contribution in [2.24, 2.45) is 4.99 Å². The molecule has 0 spiro atoms. The van der Waals surface area contributed by atoms with Gasteiger partial charge in [-0.1, -0.05) is 24.8 Å². The first kappa shape index (κ1) is 29.3. The SMILES string of the molecule is C/C=C(/C)C=NC.C=C(c1cc(NC)ccc1C)N(c1ccc(-c2cnc(N)nc2)cc1C)C(C)(C)C. The standard InChI is InChI=1S/C25H31N5.C6H11N/c1-16-8-10-21(27-7)13-22(16)18(3)30(25(4,5)6)23-11-9-19(12-17(23)2)20-14-28-24(26)29-15-20;1-4-6(2)5-7-3/h8-15,27H,3H2,1-2,4-7H3,(H2,26,28,29);4-5H,1-3H3/b;6-4-,7-5?. The van der Waals surface area contributed by atoms with E-state index in [-0.39, 0.29) is 11.5 Å². The molecule has 0 aliphatic carbocycles. The van der Waals surface area contributed by atoms with Crippen LogP contribution in [-0.2, 0) is 0 Å². The highest BCUT2D eigenvalue weighted by Gasteiger charge is 2.27. The van der Waals surface area contributed by atoms with Crippen LogP contribution in [0.3, 0.4) is 0 Å². The molecule has 3 aromatic rings. The number of anilines is 3. The smallest absolute Gasteiger partial charge is 0.219 e. The van der Waals surface area contributed by atoms with E-state index in [1.807, 2.05) is 33.2 Å². The minimum absolute atomic E-state index is 0.157. The molecule has 2 aromatic carbocycles.